The molecule has 1 heterocycles. The lowest BCUT2D eigenvalue weighted by atomic mass is 10.2. The van der Waals surface area contributed by atoms with Gasteiger partial charge in [0, 0.05) is 18.4 Å². The first-order valence-corrected chi connectivity index (χ1v) is 8.28. The Bertz CT molecular complexity index is 710. The SMILES string of the molecule is CCOC(=O)c1ccc(NC(=O)c2ccc(NCC(C)C)nc2)cc1. The van der Waals surface area contributed by atoms with Gasteiger partial charge in [-0.2, -0.15) is 0 Å². The molecule has 0 spiro atoms. The Balaban J connectivity index is 1.96. The number of hydrogen-bond donors (Lipinski definition) is 2. The molecule has 25 heavy (non-hydrogen) atoms. The number of pyridine rings is 1. The molecule has 0 saturated carbocycles. The van der Waals surface area contributed by atoms with Gasteiger partial charge in [0.15, 0.2) is 0 Å². The smallest absolute Gasteiger partial charge is 0.338 e. The Morgan fingerprint density at radius 2 is 1.76 bits per heavy atom. The van der Waals surface area contributed by atoms with Gasteiger partial charge in [0.25, 0.3) is 5.91 Å². The van der Waals surface area contributed by atoms with E-state index in [0.717, 1.165) is 12.4 Å². The highest BCUT2D eigenvalue weighted by atomic mass is 16.5. The van der Waals surface area contributed by atoms with Crippen LogP contribution >= 0.6 is 0 Å². The van der Waals surface area contributed by atoms with Gasteiger partial charge in [-0.15, -0.1) is 0 Å². The molecule has 0 aliphatic rings. The summed E-state index contributed by atoms with van der Waals surface area (Å²) >= 11 is 0. The number of hydrogen-bond acceptors (Lipinski definition) is 5. The van der Waals surface area contributed by atoms with Crippen LogP contribution in [0.1, 0.15) is 41.5 Å². The van der Waals surface area contributed by atoms with Gasteiger partial charge >= 0.3 is 5.97 Å². The fourth-order valence-corrected chi connectivity index (χ4v) is 2.05. The predicted octanol–water partition coefficient (Wildman–Crippen LogP) is 3.58. The zero-order chi connectivity index (χ0) is 18.2. The molecule has 1 aromatic heterocycles. The molecule has 0 aliphatic carbocycles. The summed E-state index contributed by atoms with van der Waals surface area (Å²) in [5.41, 5.74) is 1.51. The van der Waals surface area contributed by atoms with Crippen LogP contribution < -0.4 is 10.6 Å². The Morgan fingerprint density at radius 3 is 2.32 bits per heavy atom. The molecular formula is C19H23N3O3. The van der Waals surface area contributed by atoms with Crippen molar-refractivity contribution in [3.05, 3.63) is 53.7 Å². The number of aromatic nitrogens is 1. The average molecular weight is 341 g/mol. The van der Waals surface area contributed by atoms with Crippen molar-refractivity contribution >= 4 is 23.4 Å². The van der Waals surface area contributed by atoms with Crippen LogP contribution in [0.4, 0.5) is 11.5 Å². The van der Waals surface area contributed by atoms with Crippen molar-refractivity contribution in [1.82, 2.24) is 4.98 Å². The molecule has 0 atom stereocenters. The van der Waals surface area contributed by atoms with E-state index in [-0.39, 0.29) is 11.9 Å². The van der Waals surface area contributed by atoms with Gasteiger partial charge in [0.1, 0.15) is 5.82 Å². The minimum absolute atomic E-state index is 0.258. The van der Waals surface area contributed by atoms with E-state index < -0.39 is 0 Å². The van der Waals surface area contributed by atoms with Crippen molar-refractivity contribution in [2.24, 2.45) is 5.92 Å². The number of nitrogens with one attached hydrogen (secondary N) is 2. The van der Waals surface area contributed by atoms with Gasteiger partial charge in [-0.25, -0.2) is 9.78 Å². The molecule has 2 rings (SSSR count). The molecule has 1 amide bonds. The molecule has 6 nitrogen and oxygen atoms in total. The second-order valence-corrected chi connectivity index (χ2v) is 5.96. The minimum atomic E-state index is -0.380. The molecule has 132 valence electrons. The second kappa shape index (κ2) is 8.82. The fourth-order valence-electron chi connectivity index (χ4n) is 2.05. The van der Waals surface area contributed by atoms with E-state index in [1.54, 1.807) is 43.3 Å². The number of esters is 1. The molecule has 0 unspecified atom stereocenters. The number of amides is 1. The van der Waals surface area contributed by atoms with E-state index in [1.807, 2.05) is 0 Å². The van der Waals surface area contributed by atoms with Crippen LogP contribution in [0.5, 0.6) is 0 Å². The first-order valence-electron chi connectivity index (χ1n) is 8.28. The van der Waals surface area contributed by atoms with Crippen molar-refractivity contribution in [2.45, 2.75) is 20.8 Å². The van der Waals surface area contributed by atoms with E-state index in [0.29, 0.717) is 29.3 Å². The quantitative estimate of drug-likeness (QED) is 0.753. The standard InChI is InChI=1S/C19H23N3O3/c1-4-25-19(24)14-5-8-16(9-6-14)22-18(23)15-7-10-17(21-12-15)20-11-13(2)3/h5-10,12-13H,4,11H2,1-3H3,(H,20,21)(H,22,23). The lowest BCUT2D eigenvalue weighted by Crippen LogP contribution is -2.13. The highest BCUT2D eigenvalue weighted by Crippen LogP contribution is 2.13. The molecule has 2 aromatic rings. The molecule has 0 aliphatic heterocycles. The number of anilines is 2. The normalized spacial score (nSPS) is 10.4. The predicted molar refractivity (Wildman–Crippen MR) is 97.9 cm³/mol. The topological polar surface area (TPSA) is 80.3 Å². The van der Waals surface area contributed by atoms with E-state index >= 15 is 0 Å². The van der Waals surface area contributed by atoms with Crippen molar-refractivity contribution in [1.29, 1.82) is 0 Å². The Labute approximate surface area is 147 Å². The van der Waals surface area contributed by atoms with Gasteiger partial charge < -0.3 is 15.4 Å². The van der Waals surface area contributed by atoms with Crippen LogP contribution in [0.2, 0.25) is 0 Å². The van der Waals surface area contributed by atoms with Crippen LogP contribution in [-0.2, 0) is 4.74 Å². The summed E-state index contributed by atoms with van der Waals surface area (Å²) in [7, 11) is 0. The van der Waals surface area contributed by atoms with Gasteiger partial charge in [0.2, 0.25) is 0 Å². The van der Waals surface area contributed by atoms with E-state index in [1.165, 1.54) is 6.20 Å². The second-order valence-electron chi connectivity index (χ2n) is 5.96. The average Bonchev–Trinajstić information content (AvgIpc) is 2.61. The molecular weight excluding hydrogens is 318 g/mol. The summed E-state index contributed by atoms with van der Waals surface area (Å²) in [5.74, 6) is 0.618. The number of carbonyl (C=O) groups excluding carboxylic acids is 2. The maximum Gasteiger partial charge on any atom is 0.338 e. The van der Waals surface area contributed by atoms with Crippen molar-refractivity contribution in [3.63, 3.8) is 0 Å². The lowest BCUT2D eigenvalue weighted by Gasteiger charge is -2.09. The first kappa shape index (κ1) is 18.4. The summed E-state index contributed by atoms with van der Waals surface area (Å²) in [4.78, 5) is 28.1. The zero-order valence-corrected chi connectivity index (χ0v) is 14.7. The first-order chi connectivity index (χ1) is 12.0. The van der Waals surface area contributed by atoms with Crippen molar-refractivity contribution in [3.8, 4) is 0 Å². The van der Waals surface area contributed by atoms with Gasteiger partial charge in [-0.3, -0.25) is 4.79 Å². The van der Waals surface area contributed by atoms with Crippen LogP contribution in [-0.4, -0.2) is 30.0 Å². The Morgan fingerprint density at radius 1 is 1.08 bits per heavy atom. The van der Waals surface area contributed by atoms with Crippen LogP contribution in [0.3, 0.4) is 0 Å². The van der Waals surface area contributed by atoms with Crippen LogP contribution in [0.15, 0.2) is 42.6 Å². The van der Waals surface area contributed by atoms with Crippen LogP contribution in [0, 0.1) is 5.92 Å². The fraction of sp³-hybridized carbons (Fsp3) is 0.316. The third-order valence-electron chi connectivity index (χ3n) is 3.37. The molecule has 6 heteroatoms. The third-order valence-corrected chi connectivity index (χ3v) is 3.37. The Hall–Kier alpha value is -2.89. The van der Waals surface area contributed by atoms with Crippen molar-refractivity contribution in [2.75, 3.05) is 23.8 Å². The van der Waals surface area contributed by atoms with Crippen LogP contribution in [0.25, 0.3) is 0 Å². The Kier molecular flexibility index (Phi) is 6.51. The monoisotopic (exact) mass is 341 g/mol. The maximum absolute atomic E-state index is 12.2. The molecule has 0 saturated heterocycles. The number of ether oxygens (including phenoxy) is 1. The molecule has 0 bridgehead atoms. The summed E-state index contributed by atoms with van der Waals surface area (Å²) in [5, 5.41) is 5.98. The molecule has 0 fully saturated rings. The minimum Gasteiger partial charge on any atom is -0.462 e. The highest BCUT2D eigenvalue weighted by molar-refractivity contribution is 6.04. The third kappa shape index (κ3) is 5.60. The molecule has 0 radical (unpaired) electrons. The lowest BCUT2D eigenvalue weighted by molar-refractivity contribution is 0.0526. The molecule has 1 aromatic carbocycles. The maximum atomic E-state index is 12.2. The summed E-state index contributed by atoms with van der Waals surface area (Å²) in [6.07, 6.45) is 1.53. The van der Waals surface area contributed by atoms with Crippen molar-refractivity contribution < 1.29 is 14.3 Å². The van der Waals surface area contributed by atoms with E-state index in [9.17, 15) is 9.59 Å². The zero-order valence-electron chi connectivity index (χ0n) is 14.7. The number of nitrogens with zero attached hydrogens (tertiary/aromatic N) is 1. The summed E-state index contributed by atoms with van der Waals surface area (Å²) in [6.45, 7) is 7.13. The van der Waals surface area contributed by atoms with E-state index in [4.69, 9.17) is 4.74 Å². The largest absolute Gasteiger partial charge is 0.462 e. The summed E-state index contributed by atoms with van der Waals surface area (Å²) < 4.78 is 4.92. The summed E-state index contributed by atoms with van der Waals surface area (Å²) in [6, 6.07) is 10.1. The highest BCUT2D eigenvalue weighted by Gasteiger charge is 2.09. The van der Waals surface area contributed by atoms with E-state index in [2.05, 4.69) is 29.5 Å². The van der Waals surface area contributed by atoms with Gasteiger partial charge in [0.05, 0.1) is 17.7 Å². The number of benzene rings is 1. The molecule has 2 N–H and O–H groups in total. The van der Waals surface area contributed by atoms with Gasteiger partial charge in [-0.1, -0.05) is 13.8 Å². The number of carbonyl (C=O) groups is 2. The number of rotatable bonds is 7. The van der Waals surface area contributed by atoms with Gasteiger partial charge in [-0.05, 0) is 49.2 Å².